The minimum atomic E-state index is -0.145. The summed E-state index contributed by atoms with van der Waals surface area (Å²) >= 11 is 1.33. The lowest BCUT2D eigenvalue weighted by atomic mass is 10.1. The molecule has 0 unspecified atom stereocenters. The van der Waals surface area contributed by atoms with Crippen LogP contribution in [-0.4, -0.2) is 22.6 Å². The summed E-state index contributed by atoms with van der Waals surface area (Å²) in [6.45, 7) is 3.82. The van der Waals surface area contributed by atoms with E-state index >= 15 is 0 Å². The van der Waals surface area contributed by atoms with Gasteiger partial charge in [-0.3, -0.25) is 4.79 Å². The first-order chi connectivity index (χ1) is 10.1. The Balaban J connectivity index is 2.12. The molecule has 0 bridgehead atoms. The minimum absolute atomic E-state index is 0.0639. The van der Waals surface area contributed by atoms with Gasteiger partial charge in [-0.05, 0) is 37.6 Å². The van der Waals surface area contributed by atoms with E-state index in [1.165, 1.54) is 11.3 Å². The third kappa shape index (κ3) is 3.91. The Labute approximate surface area is 127 Å². The highest BCUT2D eigenvalue weighted by Crippen LogP contribution is 2.18. The van der Waals surface area contributed by atoms with Crippen molar-refractivity contribution in [3.05, 3.63) is 45.4 Å². The van der Waals surface area contributed by atoms with Gasteiger partial charge in [-0.1, -0.05) is 11.8 Å². The Bertz CT molecular complexity index is 711. The highest BCUT2D eigenvalue weighted by molar-refractivity contribution is 7.12. The SMILES string of the molecule is Cc1cc(NC(=O)c2scnc2C)ccc1C#CCCO. The summed E-state index contributed by atoms with van der Waals surface area (Å²) in [6.07, 6.45) is 0.461. The maximum Gasteiger partial charge on any atom is 0.267 e. The van der Waals surface area contributed by atoms with Gasteiger partial charge in [0, 0.05) is 17.7 Å². The van der Waals surface area contributed by atoms with Gasteiger partial charge >= 0.3 is 0 Å². The molecule has 0 spiro atoms. The monoisotopic (exact) mass is 300 g/mol. The summed E-state index contributed by atoms with van der Waals surface area (Å²) in [6, 6.07) is 5.58. The van der Waals surface area contributed by atoms with Crippen LogP contribution in [0.4, 0.5) is 5.69 Å². The number of carbonyl (C=O) groups is 1. The van der Waals surface area contributed by atoms with Crippen molar-refractivity contribution in [1.82, 2.24) is 4.98 Å². The number of amides is 1. The van der Waals surface area contributed by atoms with Crippen molar-refractivity contribution in [1.29, 1.82) is 0 Å². The van der Waals surface area contributed by atoms with Gasteiger partial charge in [0.25, 0.3) is 5.91 Å². The first-order valence-electron chi connectivity index (χ1n) is 6.53. The van der Waals surface area contributed by atoms with Gasteiger partial charge in [0.05, 0.1) is 17.8 Å². The second-order valence-electron chi connectivity index (χ2n) is 4.53. The number of nitrogens with zero attached hydrogens (tertiary/aromatic N) is 1. The number of hydrogen-bond acceptors (Lipinski definition) is 4. The van der Waals surface area contributed by atoms with E-state index in [-0.39, 0.29) is 12.5 Å². The molecule has 0 atom stereocenters. The van der Waals surface area contributed by atoms with Crippen LogP contribution in [0.5, 0.6) is 0 Å². The second kappa shape index (κ2) is 7.02. The molecule has 0 saturated heterocycles. The standard InChI is InChI=1S/C16H16N2O2S/c1-11-9-14(7-6-13(11)5-3-4-8-19)18-16(20)15-12(2)17-10-21-15/h6-7,9-10,19H,4,8H2,1-2H3,(H,18,20). The number of aryl methyl sites for hydroxylation is 2. The summed E-state index contributed by atoms with van der Waals surface area (Å²) in [5, 5.41) is 11.6. The Morgan fingerprint density at radius 3 is 2.86 bits per heavy atom. The van der Waals surface area contributed by atoms with Crippen LogP contribution in [0.25, 0.3) is 0 Å². The second-order valence-corrected chi connectivity index (χ2v) is 5.38. The van der Waals surface area contributed by atoms with E-state index in [0.717, 1.165) is 22.5 Å². The summed E-state index contributed by atoms with van der Waals surface area (Å²) in [4.78, 5) is 16.8. The highest BCUT2D eigenvalue weighted by Gasteiger charge is 2.12. The smallest absolute Gasteiger partial charge is 0.267 e. The zero-order valence-corrected chi connectivity index (χ0v) is 12.8. The largest absolute Gasteiger partial charge is 0.395 e. The van der Waals surface area contributed by atoms with E-state index in [9.17, 15) is 4.79 Å². The van der Waals surface area contributed by atoms with Crippen LogP contribution >= 0.6 is 11.3 Å². The first kappa shape index (κ1) is 15.2. The van der Waals surface area contributed by atoms with Crippen LogP contribution in [0.15, 0.2) is 23.7 Å². The van der Waals surface area contributed by atoms with Crippen molar-refractivity contribution in [2.24, 2.45) is 0 Å². The normalized spacial score (nSPS) is 9.86. The lowest BCUT2D eigenvalue weighted by molar-refractivity contribution is 0.103. The summed E-state index contributed by atoms with van der Waals surface area (Å²) in [5.74, 6) is 5.74. The molecular weight excluding hydrogens is 284 g/mol. The molecule has 0 aliphatic carbocycles. The Morgan fingerprint density at radius 1 is 1.43 bits per heavy atom. The van der Waals surface area contributed by atoms with E-state index in [0.29, 0.717) is 11.3 Å². The van der Waals surface area contributed by atoms with E-state index in [1.807, 2.05) is 32.0 Å². The fourth-order valence-electron chi connectivity index (χ4n) is 1.80. The van der Waals surface area contributed by atoms with Crippen LogP contribution < -0.4 is 5.32 Å². The van der Waals surface area contributed by atoms with E-state index in [4.69, 9.17) is 5.11 Å². The topological polar surface area (TPSA) is 62.2 Å². The van der Waals surface area contributed by atoms with E-state index in [1.54, 1.807) is 5.51 Å². The average molecular weight is 300 g/mol. The summed E-state index contributed by atoms with van der Waals surface area (Å²) < 4.78 is 0. The summed E-state index contributed by atoms with van der Waals surface area (Å²) in [5.41, 5.74) is 5.02. The Hall–Kier alpha value is -2.16. The van der Waals surface area contributed by atoms with Crippen molar-refractivity contribution in [3.63, 3.8) is 0 Å². The molecule has 1 heterocycles. The summed E-state index contributed by atoms with van der Waals surface area (Å²) in [7, 11) is 0. The van der Waals surface area contributed by atoms with Crippen molar-refractivity contribution >= 4 is 22.9 Å². The number of anilines is 1. The third-order valence-electron chi connectivity index (χ3n) is 2.90. The van der Waals surface area contributed by atoms with Gasteiger partial charge in [0.15, 0.2) is 0 Å². The molecule has 2 aromatic rings. The highest BCUT2D eigenvalue weighted by atomic mass is 32.1. The Kier molecular flexibility index (Phi) is 5.09. The molecular formula is C16H16N2O2S. The number of hydrogen-bond donors (Lipinski definition) is 2. The Morgan fingerprint density at radius 2 is 2.24 bits per heavy atom. The number of aliphatic hydroxyl groups is 1. The lowest BCUT2D eigenvalue weighted by Gasteiger charge is -2.06. The van der Waals surface area contributed by atoms with Crippen LogP contribution in [0, 0.1) is 25.7 Å². The fourth-order valence-corrected chi connectivity index (χ4v) is 2.50. The van der Waals surface area contributed by atoms with Crippen molar-refractivity contribution < 1.29 is 9.90 Å². The molecule has 0 fully saturated rings. The van der Waals surface area contributed by atoms with Gasteiger partial charge in [0.1, 0.15) is 4.88 Å². The van der Waals surface area contributed by atoms with Crippen molar-refractivity contribution in [2.75, 3.05) is 11.9 Å². The van der Waals surface area contributed by atoms with Crippen LogP contribution in [0.3, 0.4) is 0 Å². The van der Waals surface area contributed by atoms with Crippen molar-refractivity contribution in [3.8, 4) is 11.8 Å². The van der Waals surface area contributed by atoms with Gasteiger partial charge in [-0.25, -0.2) is 4.98 Å². The zero-order valence-electron chi connectivity index (χ0n) is 11.9. The van der Waals surface area contributed by atoms with Crippen molar-refractivity contribution in [2.45, 2.75) is 20.3 Å². The number of carbonyl (C=O) groups excluding carboxylic acids is 1. The van der Waals surface area contributed by atoms with Crippen LogP contribution in [0.2, 0.25) is 0 Å². The molecule has 0 radical (unpaired) electrons. The van der Waals surface area contributed by atoms with Gasteiger partial charge in [-0.2, -0.15) is 0 Å². The van der Waals surface area contributed by atoms with E-state index in [2.05, 4.69) is 22.1 Å². The molecule has 1 aromatic heterocycles. The minimum Gasteiger partial charge on any atom is -0.395 e. The maximum absolute atomic E-state index is 12.1. The molecule has 2 rings (SSSR count). The molecule has 4 nitrogen and oxygen atoms in total. The molecule has 1 amide bonds. The quantitative estimate of drug-likeness (QED) is 0.857. The predicted molar refractivity (Wildman–Crippen MR) is 84.6 cm³/mol. The average Bonchev–Trinajstić information content (AvgIpc) is 2.88. The fraction of sp³-hybridized carbons (Fsp3) is 0.250. The maximum atomic E-state index is 12.1. The molecule has 0 saturated carbocycles. The van der Waals surface area contributed by atoms with Gasteiger partial charge in [0.2, 0.25) is 0 Å². The number of thiazole rings is 1. The van der Waals surface area contributed by atoms with Crippen LogP contribution in [0.1, 0.15) is 32.9 Å². The lowest BCUT2D eigenvalue weighted by Crippen LogP contribution is -2.11. The molecule has 108 valence electrons. The predicted octanol–water partition coefficient (Wildman–Crippen LogP) is 2.75. The zero-order chi connectivity index (χ0) is 15.2. The number of benzene rings is 1. The third-order valence-corrected chi connectivity index (χ3v) is 3.82. The van der Waals surface area contributed by atoms with Gasteiger partial charge in [-0.15, -0.1) is 11.3 Å². The molecule has 0 aliphatic heterocycles. The van der Waals surface area contributed by atoms with Gasteiger partial charge < -0.3 is 10.4 Å². The number of rotatable bonds is 3. The number of nitrogens with one attached hydrogen (secondary N) is 1. The number of aromatic nitrogens is 1. The molecule has 21 heavy (non-hydrogen) atoms. The molecule has 2 N–H and O–H groups in total. The van der Waals surface area contributed by atoms with Crippen LogP contribution in [-0.2, 0) is 0 Å². The van der Waals surface area contributed by atoms with E-state index < -0.39 is 0 Å². The molecule has 5 heteroatoms. The number of aliphatic hydroxyl groups excluding tert-OH is 1. The first-order valence-corrected chi connectivity index (χ1v) is 7.41. The molecule has 1 aromatic carbocycles. The molecule has 0 aliphatic rings.